The normalized spacial score (nSPS) is 10.4. The zero-order valence-corrected chi connectivity index (χ0v) is 12.4. The third-order valence-electron chi connectivity index (χ3n) is 3.45. The average molecular weight is 271 g/mol. The Labute approximate surface area is 119 Å². The Morgan fingerprint density at radius 3 is 2.25 bits per heavy atom. The minimum Gasteiger partial charge on any atom is -0.507 e. The van der Waals surface area contributed by atoms with Crippen molar-refractivity contribution < 1.29 is 5.11 Å². The second-order valence-corrected chi connectivity index (χ2v) is 5.19. The van der Waals surface area contributed by atoms with Crippen molar-refractivity contribution >= 4 is 22.7 Å². The predicted octanol–water partition coefficient (Wildman–Crippen LogP) is 3.40. The summed E-state index contributed by atoms with van der Waals surface area (Å²) in [6.07, 6.45) is 0. The standard InChI is InChI=1S/C16H21N3O/c1-10-9-14(15(17)11(2)16(10)20)18-12-5-7-13(8-6-12)19(3)4/h5-9,18,20H,17H2,1-4H3. The van der Waals surface area contributed by atoms with Crippen LogP contribution in [0.2, 0.25) is 0 Å². The van der Waals surface area contributed by atoms with Crippen LogP contribution in [0, 0.1) is 13.8 Å². The number of hydrogen-bond acceptors (Lipinski definition) is 4. The first-order chi connectivity index (χ1) is 9.40. The van der Waals surface area contributed by atoms with Crippen molar-refractivity contribution in [3.05, 3.63) is 41.5 Å². The van der Waals surface area contributed by atoms with Crippen molar-refractivity contribution in [3.63, 3.8) is 0 Å². The van der Waals surface area contributed by atoms with Gasteiger partial charge in [0.2, 0.25) is 0 Å². The Bertz CT molecular complexity index is 619. The zero-order chi connectivity index (χ0) is 14.9. The Morgan fingerprint density at radius 1 is 1.10 bits per heavy atom. The maximum atomic E-state index is 9.86. The fourth-order valence-electron chi connectivity index (χ4n) is 2.09. The number of benzene rings is 2. The van der Waals surface area contributed by atoms with Gasteiger partial charge in [-0.1, -0.05) is 0 Å². The monoisotopic (exact) mass is 271 g/mol. The molecule has 2 aromatic rings. The van der Waals surface area contributed by atoms with E-state index in [4.69, 9.17) is 5.73 Å². The highest BCUT2D eigenvalue weighted by Gasteiger charge is 2.10. The number of phenolic OH excluding ortho intramolecular Hbond substituents is 1. The van der Waals surface area contributed by atoms with Crippen LogP contribution < -0.4 is 16.0 Å². The van der Waals surface area contributed by atoms with Gasteiger partial charge in [-0.3, -0.25) is 0 Å². The Morgan fingerprint density at radius 2 is 1.70 bits per heavy atom. The van der Waals surface area contributed by atoms with Crippen molar-refractivity contribution in [1.82, 2.24) is 0 Å². The molecule has 0 heterocycles. The van der Waals surface area contributed by atoms with Gasteiger partial charge in [0.05, 0.1) is 11.4 Å². The smallest absolute Gasteiger partial charge is 0.123 e. The summed E-state index contributed by atoms with van der Waals surface area (Å²) in [6.45, 7) is 3.68. The van der Waals surface area contributed by atoms with E-state index in [0.717, 1.165) is 22.6 Å². The number of anilines is 4. The van der Waals surface area contributed by atoms with Gasteiger partial charge in [-0.05, 0) is 49.7 Å². The van der Waals surface area contributed by atoms with E-state index < -0.39 is 0 Å². The largest absolute Gasteiger partial charge is 0.507 e. The first kappa shape index (κ1) is 14.1. The number of nitrogen functional groups attached to an aromatic ring is 1. The van der Waals surface area contributed by atoms with Crippen LogP contribution in [0.3, 0.4) is 0 Å². The molecule has 2 rings (SSSR count). The summed E-state index contributed by atoms with van der Waals surface area (Å²) in [5.74, 6) is 0.260. The summed E-state index contributed by atoms with van der Waals surface area (Å²) >= 11 is 0. The van der Waals surface area contributed by atoms with E-state index in [-0.39, 0.29) is 5.75 Å². The minimum absolute atomic E-state index is 0.260. The van der Waals surface area contributed by atoms with E-state index >= 15 is 0 Å². The lowest BCUT2D eigenvalue weighted by Gasteiger charge is -2.16. The molecule has 106 valence electrons. The second kappa shape index (κ2) is 5.33. The minimum atomic E-state index is 0.260. The number of phenols is 1. The summed E-state index contributed by atoms with van der Waals surface area (Å²) in [5, 5.41) is 13.2. The summed E-state index contributed by atoms with van der Waals surface area (Å²) in [7, 11) is 4.01. The summed E-state index contributed by atoms with van der Waals surface area (Å²) in [4.78, 5) is 2.05. The van der Waals surface area contributed by atoms with Crippen LogP contribution in [0.1, 0.15) is 11.1 Å². The highest BCUT2D eigenvalue weighted by atomic mass is 16.3. The lowest BCUT2D eigenvalue weighted by Crippen LogP contribution is -2.08. The first-order valence-corrected chi connectivity index (χ1v) is 6.53. The molecule has 0 unspecified atom stereocenters. The molecule has 0 amide bonds. The van der Waals surface area contributed by atoms with Crippen LogP contribution in [0.4, 0.5) is 22.7 Å². The van der Waals surface area contributed by atoms with Crippen molar-refractivity contribution in [2.75, 3.05) is 30.0 Å². The molecule has 0 radical (unpaired) electrons. The fraction of sp³-hybridized carbons (Fsp3) is 0.250. The molecule has 0 saturated carbocycles. The van der Waals surface area contributed by atoms with E-state index in [0.29, 0.717) is 11.3 Å². The SMILES string of the molecule is Cc1cc(Nc2ccc(N(C)C)cc2)c(N)c(C)c1O. The Kier molecular flexibility index (Phi) is 3.74. The van der Waals surface area contributed by atoms with E-state index in [2.05, 4.69) is 5.32 Å². The fourth-order valence-corrected chi connectivity index (χ4v) is 2.09. The van der Waals surface area contributed by atoms with Crippen LogP contribution in [-0.4, -0.2) is 19.2 Å². The van der Waals surface area contributed by atoms with E-state index in [1.807, 2.05) is 63.2 Å². The van der Waals surface area contributed by atoms with Crippen LogP contribution in [0.25, 0.3) is 0 Å². The summed E-state index contributed by atoms with van der Waals surface area (Å²) in [6, 6.07) is 9.95. The van der Waals surface area contributed by atoms with Gasteiger partial charge in [0.15, 0.2) is 0 Å². The maximum Gasteiger partial charge on any atom is 0.123 e. The van der Waals surface area contributed by atoms with Gasteiger partial charge >= 0.3 is 0 Å². The quantitative estimate of drug-likeness (QED) is 0.591. The number of nitrogens with two attached hydrogens (primary N) is 1. The van der Waals surface area contributed by atoms with Gasteiger partial charge in [-0.15, -0.1) is 0 Å². The molecule has 0 atom stereocenters. The molecule has 4 heteroatoms. The Balaban J connectivity index is 2.30. The van der Waals surface area contributed by atoms with Gasteiger partial charge < -0.3 is 21.1 Å². The topological polar surface area (TPSA) is 61.5 Å². The second-order valence-electron chi connectivity index (χ2n) is 5.19. The summed E-state index contributed by atoms with van der Waals surface area (Å²) in [5.41, 5.74) is 11.1. The number of rotatable bonds is 3. The predicted molar refractivity (Wildman–Crippen MR) is 86.0 cm³/mol. The number of aryl methyl sites for hydroxylation is 1. The molecular formula is C16H21N3O. The van der Waals surface area contributed by atoms with Crippen LogP contribution in [0.15, 0.2) is 30.3 Å². The lowest BCUT2D eigenvalue weighted by molar-refractivity contribution is 0.467. The van der Waals surface area contributed by atoms with Crippen LogP contribution in [0.5, 0.6) is 5.75 Å². The molecule has 2 aromatic carbocycles. The van der Waals surface area contributed by atoms with Crippen molar-refractivity contribution in [3.8, 4) is 5.75 Å². The van der Waals surface area contributed by atoms with Crippen molar-refractivity contribution in [2.45, 2.75) is 13.8 Å². The Hall–Kier alpha value is -2.36. The van der Waals surface area contributed by atoms with Gasteiger partial charge in [0.1, 0.15) is 5.75 Å². The van der Waals surface area contributed by atoms with Gasteiger partial charge in [0.25, 0.3) is 0 Å². The molecule has 0 aliphatic rings. The highest BCUT2D eigenvalue weighted by molar-refractivity contribution is 5.78. The molecule has 0 spiro atoms. The highest BCUT2D eigenvalue weighted by Crippen LogP contribution is 2.34. The molecule has 0 saturated heterocycles. The number of aromatic hydroxyl groups is 1. The molecule has 0 bridgehead atoms. The number of nitrogens with zero attached hydrogens (tertiary/aromatic N) is 1. The molecular weight excluding hydrogens is 250 g/mol. The van der Waals surface area contributed by atoms with Crippen molar-refractivity contribution in [1.29, 1.82) is 0 Å². The van der Waals surface area contributed by atoms with E-state index in [9.17, 15) is 5.11 Å². The molecule has 0 aromatic heterocycles. The molecule has 4 nitrogen and oxygen atoms in total. The molecule has 0 aliphatic heterocycles. The van der Waals surface area contributed by atoms with Crippen LogP contribution >= 0.6 is 0 Å². The van der Waals surface area contributed by atoms with Crippen LogP contribution in [-0.2, 0) is 0 Å². The lowest BCUT2D eigenvalue weighted by atomic mass is 10.1. The molecule has 4 N–H and O–H groups in total. The van der Waals surface area contributed by atoms with Gasteiger partial charge in [-0.25, -0.2) is 0 Å². The summed E-state index contributed by atoms with van der Waals surface area (Å²) < 4.78 is 0. The van der Waals surface area contributed by atoms with Crippen molar-refractivity contribution in [2.24, 2.45) is 0 Å². The number of nitrogens with one attached hydrogen (secondary N) is 1. The molecule has 0 fully saturated rings. The maximum absolute atomic E-state index is 9.86. The molecule has 20 heavy (non-hydrogen) atoms. The molecule has 0 aliphatic carbocycles. The third kappa shape index (κ3) is 2.64. The van der Waals surface area contributed by atoms with Gasteiger partial charge in [0, 0.05) is 31.0 Å². The zero-order valence-electron chi connectivity index (χ0n) is 12.4. The first-order valence-electron chi connectivity index (χ1n) is 6.53. The third-order valence-corrected chi connectivity index (χ3v) is 3.45. The number of hydrogen-bond donors (Lipinski definition) is 3. The van der Waals surface area contributed by atoms with Gasteiger partial charge in [-0.2, -0.15) is 0 Å². The average Bonchev–Trinajstić information content (AvgIpc) is 2.43. The van der Waals surface area contributed by atoms with E-state index in [1.54, 1.807) is 0 Å². The van der Waals surface area contributed by atoms with E-state index in [1.165, 1.54) is 0 Å².